The number of aromatic carboxylic acids is 1. The Morgan fingerprint density at radius 2 is 0.787 bits per heavy atom. The molecule has 75 heavy (non-hydrogen) atoms. The van der Waals surface area contributed by atoms with Crippen LogP contribution in [0.2, 0.25) is 0 Å². The summed E-state index contributed by atoms with van der Waals surface area (Å²) < 4.78 is 5.37. The zero-order valence-corrected chi connectivity index (χ0v) is 41.6. The average Bonchev–Trinajstić information content (AvgIpc) is 4.29. The first-order chi connectivity index (χ1) is 36.6. The molecule has 21 nitrogen and oxygen atoms in total. The number of carboxylic acid groups (broad SMARTS) is 1. The number of benzene rings is 3. The molecule has 12 aromatic rings. The molecule has 0 aliphatic carbocycles. The fourth-order valence-electron chi connectivity index (χ4n) is 7.64. The lowest BCUT2D eigenvalue weighted by Gasteiger charge is -2.01. The van der Waals surface area contributed by atoms with E-state index >= 15 is 0 Å². The van der Waals surface area contributed by atoms with Gasteiger partial charge in [0.05, 0.1) is 39.2 Å². The summed E-state index contributed by atoms with van der Waals surface area (Å²) in [7, 11) is 0. The zero-order valence-electron chi connectivity index (χ0n) is 39.1. The van der Waals surface area contributed by atoms with Gasteiger partial charge in [0.2, 0.25) is 11.8 Å². The van der Waals surface area contributed by atoms with Gasteiger partial charge in [0.1, 0.15) is 34.1 Å². The van der Waals surface area contributed by atoms with Gasteiger partial charge in [-0.2, -0.15) is 30.6 Å². The van der Waals surface area contributed by atoms with Crippen LogP contribution in [-0.4, -0.2) is 97.3 Å². The molecule has 24 heteroatoms. The second-order valence-electron chi connectivity index (χ2n) is 16.3. The normalized spacial score (nSPS) is 11.0. The topological polar surface area (TPSA) is 300 Å². The minimum atomic E-state index is -0.940. The number of nitrogens with one attached hydrogen (secondary N) is 3. The van der Waals surface area contributed by atoms with Crippen LogP contribution < -0.4 is 11.5 Å². The van der Waals surface area contributed by atoms with Gasteiger partial charge in [0.15, 0.2) is 0 Å². The summed E-state index contributed by atoms with van der Waals surface area (Å²) in [5.74, 6) is -1.82. The molecule has 3 aromatic carbocycles. The van der Waals surface area contributed by atoms with Crippen LogP contribution in [-0.2, 0) is 19.3 Å². The van der Waals surface area contributed by atoms with Crippen molar-refractivity contribution in [2.75, 3.05) is 0 Å². The summed E-state index contributed by atoms with van der Waals surface area (Å²) in [6, 6.07) is 38.8. The molecule has 0 unspecified atom stereocenters. The van der Waals surface area contributed by atoms with E-state index < -0.39 is 17.8 Å². The first-order valence-electron chi connectivity index (χ1n) is 22.7. The highest BCUT2D eigenvalue weighted by molar-refractivity contribution is 7.99. The third kappa shape index (κ3) is 12.3. The van der Waals surface area contributed by atoms with Crippen molar-refractivity contribution in [3.8, 4) is 0 Å². The third-order valence-electron chi connectivity index (χ3n) is 11.1. The van der Waals surface area contributed by atoms with Crippen molar-refractivity contribution in [1.29, 1.82) is 0 Å². The van der Waals surface area contributed by atoms with Crippen LogP contribution in [0.1, 0.15) is 65.2 Å². The van der Waals surface area contributed by atoms with Gasteiger partial charge < -0.3 is 16.6 Å². The number of carbonyl (C=O) groups is 3. The van der Waals surface area contributed by atoms with Crippen molar-refractivity contribution >= 4 is 69.6 Å². The number of aromatic amines is 3. The van der Waals surface area contributed by atoms with Crippen molar-refractivity contribution in [3.63, 3.8) is 0 Å². The number of nitrogens with two attached hydrogens (primary N) is 2. The highest BCUT2D eigenvalue weighted by Crippen LogP contribution is 2.30. The molecule has 0 aliphatic rings. The Morgan fingerprint density at radius 1 is 0.453 bits per heavy atom. The average molecular weight is 1050 g/mol. The molecule has 0 spiro atoms. The van der Waals surface area contributed by atoms with Gasteiger partial charge in [-0.25, -0.2) is 33.3 Å². The van der Waals surface area contributed by atoms with Gasteiger partial charge in [-0.1, -0.05) is 53.5 Å². The molecule has 0 saturated heterocycles. The number of rotatable bonds is 15. The predicted octanol–water partition coefficient (Wildman–Crippen LogP) is 7.48. The van der Waals surface area contributed by atoms with Crippen molar-refractivity contribution in [3.05, 3.63) is 216 Å². The Hall–Kier alpha value is -9.39. The van der Waals surface area contributed by atoms with Crippen LogP contribution in [0.3, 0.4) is 0 Å². The largest absolute Gasteiger partial charge is 0.478 e. The highest BCUT2D eigenvalue weighted by Gasteiger charge is 2.13. The van der Waals surface area contributed by atoms with Crippen LogP contribution in [0.4, 0.5) is 0 Å². The smallest absolute Gasteiger partial charge is 0.335 e. The van der Waals surface area contributed by atoms with Gasteiger partial charge in [-0.15, -0.1) is 0 Å². The Bertz CT molecular complexity index is 3570. The standard InChI is InChI=1S/2C17H14N6OS.C17H13N5O2S/c2*18-17(24)11-3-1-4-13(7-11)25-16-9-12(21-22-16)8-14-15-5-2-6-23(15)20-10-19-14;23-17(24)11-3-1-4-13(7-11)25-16-9-12(20-21-16)8-14-15-5-2-6-22(15)19-10-18-14/h2*1-7,9-10H,8H2,(H2,18,24)(H,21,22);1-7,9-10H,8H2,(H,20,21)(H,23,24). The molecule has 0 saturated carbocycles. The van der Waals surface area contributed by atoms with Gasteiger partial charge in [0, 0.05) is 80.7 Å². The molecule has 9 heterocycles. The number of nitrogens with zero attached hydrogens (tertiary/aromatic N) is 12. The highest BCUT2D eigenvalue weighted by atomic mass is 32.2. The molecule has 372 valence electrons. The van der Waals surface area contributed by atoms with Crippen LogP contribution >= 0.6 is 35.3 Å². The second-order valence-corrected chi connectivity index (χ2v) is 19.6. The lowest BCUT2D eigenvalue weighted by Crippen LogP contribution is -2.10. The summed E-state index contributed by atoms with van der Waals surface area (Å²) in [5, 5.41) is 46.0. The molecule has 0 atom stereocenters. The molecular formula is C51H41N17O4S3. The fraction of sp³-hybridized carbons (Fsp3) is 0.0588. The number of primary amides is 2. The first kappa shape index (κ1) is 49.2. The Morgan fingerprint density at radius 3 is 1.12 bits per heavy atom. The van der Waals surface area contributed by atoms with E-state index in [0.717, 1.165) is 80.5 Å². The van der Waals surface area contributed by atoms with E-state index in [-0.39, 0.29) is 5.56 Å². The number of fused-ring (bicyclic) bond motifs is 3. The van der Waals surface area contributed by atoms with Crippen molar-refractivity contribution in [1.82, 2.24) is 74.4 Å². The minimum Gasteiger partial charge on any atom is -0.478 e. The van der Waals surface area contributed by atoms with E-state index in [1.807, 2.05) is 91.4 Å². The molecule has 0 aliphatic heterocycles. The molecule has 0 fully saturated rings. The van der Waals surface area contributed by atoms with Crippen molar-refractivity contribution < 1.29 is 19.5 Å². The van der Waals surface area contributed by atoms with E-state index in [1.165, 1.54) is 41.6 Å². The lowest BCUT2D eigenvalue weighted by atomic mass is 10.2. The molecule has 2 amide bonds. The van der Waals surface area contributed by atoms with Crippen LogP contribution in [0.15, 0.2) is 195 Å². The summed E-state index contributed by atoms with van der Waals surface area (Å²) in [6.07, 6.45) is 12.2. The van der Waals surface area contributed by atoms with E-state index in [4.69, 9.17) is 16.6 Å². The SMILES string of the molecule is NC(=O)c1cccc(Sc2cc(Cc3ncnn4cccc34)[nH]n2)c1.NC(=O)c1cccc(Sc2cc(Cc3ncnn4cccc34)[nH]n2)c1.O=C(O)c1cccc(Sc2cc(Cc3ncnn4cccc34)[nH]n2)c1. The maximum Gasteiger partial charge on any atom is 0.335 e. The van der Waals surface area contributed by atoms with E-state index in [2.05, 4.69) is 60.8 Å². The lowest BCUT2D eigenvalue weighted by molar-refractivity contribution is 0.0696. The van der Waals surface area contributed by atoms with E-state index in [0.29, 0.717) is 30.4 Å². The summed E-state index contributed by atoms with van der Waals surface area (Å²) >= 11 is 4.35. The number of carboxylic acids is 1. The zero-order chi connectivity index (χ0) is 51.7. The number of amides is 2. The Labute approximate surface area is 437 Å². The number of carbonyl (C=O) groups excluding carboxylic acids is 2. The van der Waals surface area contributed by atoms with Crippen molar-refractivity contribution in [2.24, 2.45) is 11.5 Å². The molecule has 0 radical (unpaired) electrons. The molecule has 9 aromatic heterocycles. The molecule has 0 bridgehead atoms. The van der Waals surface area contributed by atoms with Gasteiger partial charge in [0.25, 0.3) is 0 Å². The predicted molar refractivity (Wildman–Crippen MR) is 279 cm³/mol. The third-order valence-corrected chi connectivity index (χ3v) is 13.8. The summed E-state index contributed by atoms with van der Waals surface area (Å²) in [6.45, 7) is 0. The van der Waals surface area contributed by atoms with Crippen LogP contribution in [0.25, 0.3) is 16.6 Å². The van der Waals surface area contributed by atoms with E-state index in [9.17, 15) is 14.4 Å². The van der Waals surface area contributed by atoms with Crippen LogP contribution in [0, 0.1) is 0 Å². The number of H-pyrrole nitrogens is 3. The van der Waals surface area contributed by atoms with Gasteiger partial charge in [-0.3, -0.25) is 24.9 Å². The Kier molecular flexibility index (Phi) is 14.8. The monoisotopic (exact) mass is 1050 g/mol. The second kappa shape index (κ2) is 22.6. The quantitative estimate of drug-likeness (QED) is 0.0580. The van der Waals surface area contributed by atoms with Crippen LogP contribution in [0.5, 0.6) is 0 Å². The maximum absolute atomic E-state index is 11.3. The summed E-state index contributed by atoms with van der Waals surface area (Å²) in [5.41, 5.74) is 20.4. The molecular weight excluding hydrogens is 1010 g/mol. The van der Waals surface area contributed by atoms with Gasteiger partial charge in [-0.05, 0) is 109 Å². The maximum atomic E-state index is 11.3. The molecule has 12 rings (SSSR count). The minimum absolute atomic E-state index is 0.261. The number of hydrogen-bond donors (Lipinski definition) is 6. The first-order valence-corrected chi connectivity index (χ1v) is 25.1. The van der Waals surface area contributed by atoms with Gasteiger partial charge >= 0.3 is 5.97 Å². The molecule has 8 N–H and O–H groups in total. The number of aromatic nitrogens is 15. The number of hydrogen-bond acceptors (Lipinski definition) is 15. The van der Waals surface area contributed by atoms with E-state index in [1.54, 1.807) is 80.8 Å². The Balaban J connectivity index is 0.000000128. The summed E-state index contributed by atoms with van der Waals surface area (Å²) in [4.78, 5) is 49.3. The fourth-order valence-corrected chi connectivity index (χ4v) is 10.2. The van der Waals surface area contributed by atoms with Crippen molar-refractivity contribution in [2.45, 2.75) is 49.0 Å².